The number of carbonyl (C=O) groups is 2. The van der Waals surface area contributed by atoms with Crippen LogP contribution in [-0.2, 0) is 9.59 Å². The summed E-state index contributed by atoms with van der Waals surface area (Å²) in [4.78, 5) is 22.2. The molecule has 0 aromatic rings. The van der Waals surface area contributed by atoms with Crippen LogP contribution in [0.1, 0.15) is 19.8 Å². The molecule has 1 saturated heterocycles. The molecule has 0 saturated carbocycles. The van der Waals surface area contributed by atoms with Crippen molar-refractivity contribution in [2.24, 2.45) is 5.73 Å². The number of primary amides is 1. The average Bonchev–Trinajstić information content (AvgIpc) is 2.62. The Morgan fingerprint density at radius 3 is 2.80 bits per heavy atom. The fourth-order valence-electron chi connectivity index (χ4n) is 1.57. The molecule has 1 heterocycles. The smallest absolute Gasteiger partial charge is 0.248 e. The zero-order valence-corrected chi connectivity index (χ0v) is 8.75. The lowest BCUT2D eigenvalue weighted by Crippen LogP contribution is -2.53. The number of hydrogen-bond acceptors (Lipinski definition) is 4. The second-order valence-electron chi connectivity index (χ2n) is 3.99. The Kier molecular flexibility index (Phi) is 3.65. The van der Waals surface area contributed by atoms with Crippen LogP contribution < -0.4 is 16.4 Å². The summed E-state index contributed by atoms with van der Waals surface area (Å²) in [5.74, 6) is -1.04. The van der Waals surface area contributed by atoms with Crippen LogP contribution in [0.2, 0.25) is 0 Å². The third-order valence-corrected chi connectivity index (χ3v) is 2.65. The van der Waals surface area contributed by atoms with E-state index in [0.717, 1.165) is 19.4 Å². The molecule has 2 unspecified atom stereocenters. The standard InChI is InChI=1S/C9H17N3O3/c1-9(3-2-4-12-9)8(15)11-5-6(13)7(10)14/h6,12-13H,2-5H2,1H3,(H2,10,14)(H,11,15). The Hall–Kier alpha value is -1.14. The number of amides is 2. The highest BCUT2D eigenvalue weighted by Crippen LogP contribution is 2.18. The van der Waals surface area contributed by atoms with Crippen LogP contribution in [0.3, 0.4) is 0 Å². The number of nitrogens with one attached hydrogen (secondary N) is 2. The summed E-state index contributed by atoms with van der Waals surface area (Å²) in [7, 11) is 0. The molecule has 15 heavy (non-hydrogen) atoms. The van der Waals surface area contributed by atoms with Crippen molar-refractivity contribution in [3.8, 4) is 0 Å². The first-order valence-corrected chi connectivity index (χ1v) is 4.96. The molecule has 2 amide bonds. The lowest BCUT2D eigenvalue weighted by molar-refractivity contribution is -0.129. The number of nitrogens with two attached hydrogens (primary N) is 1. The van der Waals surface area contributed by atoms with E-state index in [0.29, 0.717) is 0 Å². The Bertz CT molecular complexity index is 261. The summed E-state index contributed by atoms with van der Waals surface area (Å²) >= 11 is 0. The van der Waals surface area contributed by atoms with Gasteiger partial charge < -0.3 is 21.5 Å². The zero-order chi connectivity index (χ0) is 11.5. The summed E-state index contributed by atoms with van der Waals surface area (Å²) < 4.78 is 0. The molecule has 0 radical (unpaired) electrons. The molecule has 1 rings (SSSR count). The largest absolute Gasteiger partial charge is 0.381 e. The Balaban J connectivity index is 2.39. The van der Waals surface area contributed by atoms with Gasteiger partial charge in [-0.3, -0.25) is 9.59 Å². The molecular weight excluding hydrogens is 198 g/mol. The topological polar surface area (TPSA) is 104 Å². The van der Waals surface area contributed by atoms with Gasteiger partial charge in [-0.05, 0) is 26.3 Å². The second-order valence-corrected chi connectivity index (χ2v) is 3.99. The van der Waals surface area contributed by atoms with Crippen molar-refractivity contribution in [3.05, 3.63) is 0 Å². The second kappa shape index (κ2) is 4.59. The van der Waals surface area contributed by atoms with Gasteiger partial charge in [-0.1, -0.05) is 0 Å². The van der Waals surface area contributed by atoms with E-state index in [1.165, 1.54) is 0 Å². The van der Waals surface area contributed by atoms with E-state index < -0.39 is 17.6 Å². The van der Waals surface area contributed by atoms with Gasteiger partial charge in [0.05, 0.1) is 12.1 Å². The van der Waals surface area contributed by atoms with Gasteiger partial charge >= 0.3 is 0 Å². The lowest BCUT2D eigenvalue weighted by Gasteiger charge is -2.23. The molecule has 1 aliphatic heterocycles. The predicted molar refractivity (Wildman–Crippen MR) is 53.9 cm³/mol. The molecule has 6 heteroatoms. The molecule has 0 aromatic heterocycles. The van der Waals surface area contributed by atoms with Gasteiger partial charge in [0.15, 0.2) is 0 Å². The molecule has 0 aliphatic carbocycles. The van der Waals surface area contributed by atoms with Gasteiger partial charge in [0.25, 0.3) is 0 Å². The predicted octanol–water partition coefficient (Wildman–Crippen LogP) is -1.91. The highest BCUT2D eigenvalue weighted by molar-refractivity contribution is 5.87. The minimum atomic E-state index is -1.32. The maximum Gasteiger partial charge on any atom is 0.248 e. The van der Waals surface area contributed by atoms with Crippen molar-refractivity contribution in [1.29, 1.82) is 0 Å². The van der Waals surface area contributed by atoms with Gasteiger partial charge in [0, 0.05) is 0 Å². The Morgan fingerprint density at radius 2 is 2.33 bits per heavy atom. The first-order chi connectivity index (χ1) is 6.96. The first kappa shape index (κ1) is 11.9. The summed E-state index contributed by atoms with van der Waals surface area (Å²) in [5.41, 5.74) is 4.27. The van der Waals surface area contributed by atoms with Crippen molar-refractivity contribution in [2.75, 3.05) is 13.1 Å². The molecule has 86 valence electrons. The number of aliphatic hydroxyl groups is 1. The van der Waals surface area contributed by atoms with E-state index in [4.69, 9.17) is 10.8 Å². The van der Waals surface area contributed by atoms with E-state index in [1.54, 1.807) is 6.92 Å². The van der Waals surface area contributed by atoms with E-state index in [2.05, 4.69) is 10.6 Å². The van der Waals surface area contributed by atoms with Crippen molar-refractivity contribution in [1.82, 2.24) is 10.6 Å². The van der Waals surface area contributed by atoms with Crippen LogP contribution in [0.5, 0.6) is 0 Å². The molecule has 2 atom stereocenters. The minimum Gasteiger partial charge on any atom is -0.381 e. The summed E-state index contributed by atoms with van der Waals surface area (Å²) in [6.07, 6.45) is 0.382. The SMILES string of the molecule is CC1(C(=O)NCC(O)C(N)=O)CCCN1. The molecule has 6 nitrogen and oxygen atoms in total. The summed E-state index contributed by atoms with van der Waals surface area (Å²) in [6, 6.07) is 0. The molecule has 5 N–H and O–H groups in total. The highest BCUT2D eigenvalue weighted by Gasteiger charge is 2.35. The van der Waals surface area contributed by atoms with Gasteiger partial charge in [0.1, 0.15) is 6.10 Å². The third kappa shape index (κ3) is 2.90. The minimum absolute atomic E-state index is 0.133. The third-order valence-electron chi connectivity index (χ3n) is 2.65. The fourth-order valence-corrected chi connectivity index (χ4v) is 1.57. The highest BCUT2D eigenvalue weighted by atomic mass is 16.3. The van der Waals surface area contributed by atoms with Crippen molar-refractivity contribution >= 4 is 11.8 Å². The zero-order valence-electron chi connectivity index (χ0n) is 8.75. The van der Waals surface area contributed by atoms with Crippen LogP contribution >= 0.6 is 0 Å². The van der Waals surface area contributed by atoms with E-state index in [9.17, 15) is 9.59 Å². The van der Waals surface area contributed by atoms with E-state index in [1.807, 2.05) is 0 Å². The molecule has 0 bridgehead atoms. The monoisotopic (exact) mass is 215 g/mol. The number of rotatable bonds is 4. The van der Waals surface area contributed by atoms with Gasteiger partial charge in [0.2, 0.25) is 11.8 Å². The number of aliphatic hydroxyl groups excluding tert-OH is 1. The van der Waals surface area contributed by atoms with Crippen LogP contribution in [0.4, 0.5) is 0 Å². The van der Waals surface area contributed by atoms with Gasteiger partial charge in [-0.15, -0.1) is 0 Å². The van der Waals surface area contributed by atoms with Crippen molar-refractivity contribution < 1.29 is 14.7 Å². The maximum absolute atomic E-state index is 11.7. The van der Waals surface area contributed by atoms with Crippen LogP contribution in [0.25, 0.3) is 0 Å². The summed E-state index contributed by atoms with van der Waals surface area (Å²) in [6.45, 7) is 2.47. The molecule has 0 spiro atoms. The lowest BCUT2D eigenvalue weighted by atomic mass is 9.99. The van der Waals surface area contributed by atoms with Gasteiger partial charge in [-0.25, -0.2) is 0 Å². The van der Waals surface area contributed by atoms with Crippen molar-refractivity contribution in [3.63, 3.8) is 0 Å². The maximum atomic E-state index is 11.7. The van der Waals surface area contributed by atoms with Crippen LogP contribution in [-0.4, -0.2) is 41.7 Å². The molecule has 0 aromatic carbocycles. The number of hydrogen-bond donors (Lipinski definition) is 4. The van der Waals surface area contributed by atoms with Gasteiger partial charge in [-0.2, -0.15) is 0 Å². The first-order valence-electron chi connectivity index (χ1n) is 4.96. The normalized spacial score (nSPS) is 27.3. The average molecular weight is 215 g/mol. The van der Waals surface area contributed by atoms with Crippen molar-refractivity contribution in [2.45, 2.75) is 31.4 Å². The molecule has 1 fully saturated rings. The Morgan fingerprint density at radius 1 is 1.67 bits per heavy atom. The van der Waals surface area contributed by atoms with Crippen LogP contribution in [0, 0.1) is 0 Å². The molecule has 1 aliphatic rings. The molecular formula is C9H17N3O3. The van der Waals surface area contributed by atoms with E-state index in [-0.39, 0.29) is 12.5 Å². The van der Waals surface area contributed by atoms with Crippen LogP contribution in [0.15, 0.2) is 0 Å². The summed E-state index contributed by atoms with van der Waals surface area (Å²) in [5, 5.41) is 14.7. The van der Waals surface area contributed by atoms with E-state index >= 15 is 0 Å². The quantitative estimate of drug-likeness (QED) is 0.439. The Labute approximate surface area is 88.2 Å². The number of carbonyl (C=O) groups excluding carboxylic acids is 2. The fraction of sp³-hybridized carbons (Fsp3) is 0.778.